The SMILES string of the molecule is CC(C)N=C(C1=C(N)CCCC1=O)C(C)C. The molecule has 0 saturated carbocycles. The summed E-state index contributed by atoms with van der Waals surface area (Å²) in [5, 5.41) is 0. The minimum Gasteiger partial charge on any atom is -0.401 e. The molecule has 1 aliphatic rings. The number of carbonyl (C=O) groups excluding carboxylic acids is 1. The van der Waals surface area contributed by atoms with Crippen LogP contribution in [0.1, 0.15) is 47.0 Å². The Kier molecular flexibility index (Phi) is 4.27. The van der Waals surface area contributed by atoms with Crippen LogP contribution in [0, 0.1) is 5.92 Å². The molecule has 0 aliphatic heterocycles. The molecular weight excluding hydrogens is 200 g/mol. The second kappa shape index (κ2) is 5.28. The van der Waals surface area contributed by atoms with Gasteiger partial charge >= 0.3 is 0 Å². The molecule has 0 unspecified atom stereocenters. The summed E-state index contributed by atoms with van der Waals surface area (Å²) in [5.41, 5.74) is 8.28. The summed E-state index contributed by atoms with van der Waals surface area (Å²) < 4.78 is 0. The zero-order valence-corrected chi connectivity index (χ0v) is 10.7. The van der Waals surface area contributed by atoms with Crippen LogP contribution >= 0.6 is 0 Å². The Balaban J connectivity index is 3.16. The Labute approximate surface area is 97.8 Å². The minimum absolute atomic E-state index is 0.164. The third-order valence-corrected chi connectivity index (χ3v) is 2.65. The maximum absolute atomic E-state index is 11.9. The van der Waals surface area contributed by atoms with Gasteiger partial charge in [0, 0.05) is 18.2 Å². The van der Waals surface area contributed by atoms with E-state index in [0.717, 1.165) is 24.3 Å². The maximum Gasteiger partial charge on any atom is 0.166 e. The van der Waals surface area contributed by atoms with E-state index in [-0.39, 0.29) is 17.7 Å². The summed E-state index contributed by atoms with van der Waals surface area (Å²) in [6.45, 7) is 8.16. The van der Waals surface area contributed by atoms with Crippen LogP contribution in [-0.4, -0.2) is 17.5 Å². The molecule has 0 aromatic carbocycles. The Morgan fingerprint density at radius 1 is 1.25 bits per heavy atom. The highest BCUT2D eigenvalue weighted by Gasteiger charge is 2.25. The number of Topliss-reactive ketones (excluding diaryl/α,β-unsaturated/α-hetero) is 1. The molecule has 90 valence electrons. The van der Waals surface area contributed by atoms with Crippen LogP contribution in [0.25, 0.3) is 0 Å². The normalized spacial score (nSPS) is 18.9. The molecule has 0 aromatic heterocycles. The molecule has 0 amide bonds. The van der Waals surface area contributed by atoms with Crippen molar-refractivity contribution >= 4 is 11.5 Å². The Bertz CT molecular complexity index is 338. The fraction of sp³-hybridized carbons (Fsp3) is 0.692. The van der Waals surface area contributed by atoms with Crippen molar-refractivity contribution in [1.82, 2.24) is 0 Å². The van der Waals surface area contributed by atoms with Gasteiger partial charge in [-0.25, -0.2) is 0 Å². The summed E-state index contributed by atoms with van der Waals surface area (Å²) in [4.78, 5) is 16.5. The monoisotopic (exact) mass is 222 g/mol. The molecule has 3 heteroatoms. The molecule has 0 heterocycles. The number of carbonyl (C=O) groups is 1. The molecule has 2 N–H and O–H groups in total. The van der Waals surface area contributed by atoms with Crippen molar-refractivity contribution in [3.8, 4) is 0 Å². The van der Waals surface area contributed by atoms with Crippen LogP contribution in [-0.2, 0) is 4.79 Å². The molecule has 16 heavy (non-hydrogen) atoms. The van der Waals surface area contributed by atoms with Crippen molar-refractivity contribution in [3.63, 3.8) is 0 Å². The van der Waals surface area contributed by atoms with Crippen molar-refractivity contribution in [3.05, 3.63) is 11.3 Å². The van der Waals surface area contributed by atoms with E-state index in [2.05, 4.69) is 18.8 Å². The highest BCUT2D eigenvalue weighted by atomic mass is 16.1. The number of ketones is 1. The lowest BCUT2D eigenvalue weighted by atomic mass is 9.87. The molecule has 0 spiro atoms. The largest absolute Gasteiger partial charge is 0.401 e. The summed E-state index contributed by atoms with van der Waals surface area (Å²) >= 11 is 0. The van der Waals surface area contributed by atoms with Crippen LogP contribution in [0.15, 0.2) is 16.3 Å². The van der Waals surface area contributed by atoms with Crippen LogP contribution in [0.3, 0.4) is 0 Å². The molecule has 0 bridgehead atoms. The summed E-state index contributed by atoms with van der Waals surface area (Å²) in [6, 6.07) is 0.201. The van der Waals surface area contributed by atoms with E-state index in [1.54, 1.807) is 0 Å². The lowest BCUT2D eigenvalue weighted by Gasteiger charge is -2.21. The summed E-state index contributed by atoms with van der Waals surface area (Å²) in [5.74, 6) is 0.412. The first-order valence-electron chi connectivity index (χ1n) is 6.03. The molecule has 0 radical (unpaired) electrons. The molecule has 0 saturated heterocycles. The van der Waals surface area contributed by atoms with Crippen molar-refractivity contribution in [2.75, 3.05) is 0 Å². The van der Waals surface area contributed by atoms with Gasteiger partial charge in [-0.3, -0.25) is 9.79 Å². The van der Waals surface area contributed by atoms with Gasteiger partial charge in [-0.05, 0) is 32.6 Å². The van der Waals surface area contributed by atoms with Crippen LogP contribution in [0.5, 0.6) is 0 Å². The van der Waals surface area contributed by atoms with Gasteiger partial charge in [0.2, 0.25) is 0 Å². The van der Waals surface area contributed by atoms with Crippen molar-refractivity contribution in [2.45, 2.75) is 53.0 Å². The molecule has 1 rings (SSSR count). The predicted molar refractivity (Wildman–Crippen MR) is 67.5 cm³/mol. The van der Waals surface area contributed by atoms with Crippen molar-refractivity contribution < 1.29 is 4.79 Å². The molecule has 0 atom stereocenters. The van der Waals surface area contributed by atoms with Crippen LogP contribution < -0.4 is 5.73 Å². The van der Waals surface area contributed by atoms with Gasteiger partial charge in [0.1, 0.15) is 0 Å². The van der Waals surface area contributed by atoms with Crippen LogP contribution in [0.4, 0.5) is 0 Å². The number of rotatable bonds is 3. The van der Waals surface area contributed by atoms with E-state index in [1.807, 2.05) is 13.8 Å². The van der Waals surface area contributed by atoms with E-state index in [0.29, 0.717) is 12.0 Å². The smallest absolute Gasteiger partial charge is 0.166 e. The van der Waals surface area contributed by atoms with Crippen molar-refractivity contribution in [1.29, 1.82) is 0 Å². The first-order valence-corrected chi connectivity index (χ1v) is 6.03. The highest BCUT2D eigenvalue weighted by molar-refractivity contribution is 6.23. The molecule has 1 aliphatic carbocycles. The third-order valence-electron chi connectivity index (χ3n) is 2.65. The molecule has 0 fully saturated rings. The zero-order chi connectivity index (χ0) is 12.3. The first-order chi connectivity index (χ1) is 7.43. The van der Waals surface area contributed by atoms with Gasteiger partial charge in [-0.15, -0.1) is 0 Å². The minimum atomic E-state index is 0.164. The fourth-order valence-electron chi connectivity index (χ4n) is 1.96. The molecule has 3 nitrogen and oxygen atoms in total. The Morgan fingerprint density at radius 2 is 1.88 bits per heavy atom. The number of hydrogen-bond donors (Lipinski definition) is 1. The van der Waals surface area contributed by atoms with E-state index in [4.69, 9.17) is 5.73 Å². The van der Waals surface area contributed by atoms with E-state index >= 15 is 0 Å². The lowest BCUT2D eigenvalue weighted by molar-refractivity contribution is -0.115. The third kappa shape index (κ3) is 2.94. The van der Waals surface area contributed by atoms with Crippen LogP contribution in [0.2, 0.25) is 0 Å². The number of nitrogens with zero attached hydrogens (tertiary/aromatic N) is 1. The second-order valence-electron chi connectivity index (χ2n) is 4.94. The predicted octanol–water partition coefficient (Wildman–Crippen LogP) is 2.46. The number of allylic oxidation sites excluding steroid dienone is 2. The number of hydrogen-bond acceptors (Lipinski definition) is 3. The fourth-order valence-corrected chi connectivity index (χ4v) is 1.96. The average Bonchev–Trinajstić information content (AvgIpc) is 2.15. The quantitative estimate of drug-likeness (QED) is 0.746. The average molecular weight is 222 g/mol. The molecular formula is C13H22N2O. The number of aliphatic imine (C=N–C) groups is 1. The number of nitrogens with two attached hydrogens (primary N) is 1. The van der Waals surface area contributed by atoms with Gasteiger partial charge in [0.05, 0.1) is 11.3 Å². The van der Waals surface area contributed by atoms with Gasteiger partial charge < -0.3 is 5.73 Å². The first kappa shape index (κ1) is 12.9. The lowest BCUT2D eigenvalue weighted by Crippen LogP contribution is -2.26. The Hall–Kier alpha value is -1.12. The second-order valence-corrected chi connectivity index (χ2v) is 4.94. The van der Waals surface area contributed by atoms with Gasteiger partial charge in [-0.1, -0.05) is 13.8 Å². The maximum atomic E-state index is 11.9. The summed E-state index contributed by atoms with van der Waals surface area (Å²) in [7, 11) is 0. The zero-order valence-electron chi connectivity index (χ0n) is 10.7. The van der Waals surface area contributed by atoms with Crippen molar-refractivity contribution in [2.24, 2.45) is 16.6 Å². The van der Waals surface area contributed by atoms with Gasteiger partial charge in [-0.2, -0.15) is 0 Å². The topological polar surface area (TPSA) is 55.4 Å². The van der Waals surface area contributed by atoms with E-state index < -0.39 is 0 Å². The standard InChI is InChI=1S/C13H22N2O/c1-8(2)13(15-9(3)4)12-10(14)6-5-7-11(12)16/h8-9H,5-7,14H2,1-4H3. The van der Waals surface area contributed by atoms with E-state index in [1.165, 1.54) is 0 Å². The van der Waals surface area contributed by atoms with Gasteiger partial charge in [0.15, 0.2) is 5.78 Å². The highest BCUT2D eigenvalue weighted by Crippen LogP contribution is 2.23. The molecule has 0 aromatic rings. The summed E-state index contributed by atoms with van der Waals surface area (Å²) in [6.07, 6.45) is 2.31. The van der Waals surface area contributed by atoms with E-state index in [9.17, 15) is 4.79 Å². The van der Waals surface area contributed by atoms with Gasteiger partial charge in [0.25, 0.3) is 0 Å². The Morgan fingerprint density at radius 3 is 2.31 bits per heavy atom.